The molecule has 2 rings (SSSR count). The number of fused-ring (bicyclic) bond motifs is 1. The summed E-state index contributed by atoms with van der Waals surface area (Å²) < 4.78 is 0. The van der Waals surface area contributed by atoms with Gasteiger partial charge in [-0.2, -0.15) is 0 Å². The Labute approximate surface area is 52.8 Å². The Morgan fingerprint density at radius 1 is 1.50 bits per heavy atom. The summed E-state index contributed by atoms with van der Waals surface area (Å²) in [5, 5.41) is 0.738. The lowest BCUT2D eigenvalue weighted by molar-refractivity contribution is -0.121. The lowest BCUT2D eigenvalue weighted by Crippen LogP contribution is -2.28. The van der Waals surface area contributed by atoms with E-state index in [9.17, 15) is 4.79 Å². The molecule has 0 aromatic heterocycles. The van der Waals surface area contributed by atoms with Crippen molar-refractivity contribution in [2.24, 2.45) is 5.92 Å². The van der Waals surface area contributed by atoms with E-state index in [0.29, 0.717) is 11.7 Å². The fourth-order valence-corrected chi connectivity index (χ4v) is 2.75. The molecule has 8 heavy (non-hydrogen) atoms. The van der Waals surface area contributed by atoms with E-state index in [1.165, 1.54) is 12.8 Å². The van der Waals surface area contributed by atoms with Gasteiger partial charge >= 0.3 is 0 Å². The van der Waals surface area contributed by atoms with Crippen LogP contribution in [0.15, 0.2) is 0 Å². The first-order valence-electron chi connectivity index (χ1n) is 3.02. The Balaban J connectivity index is 2.15. The predicted molar refractivity (Wildman–Crippen MR) is 34.0 cm³/mol. The molecule has 0 radical (unpaired) electrons. The maximum absolute atomic E-state index is 10.8. The average molecular weight is 128 g/mol. The summed E-state index contributed by atoms with van der Waals surface area (Å²) in [7, 11) is 0. The first-order valence-corrected chi connectivity index (χ1v) is 4.07. The molecule has 0 amide bonds. The standard InChI is InChI=1S/C6H8OS/c7-5-3-8-6-2-1-4(5)6/h4,6H,1-3H2/t4-,6-/m1/s1. The molecule has 2 fully saturated rings. The van der Waals surface area contributed by atoms with Gasteiger partial charge in [0.25, 0.3) is 0 Å². The van der Waals surface area contributed by atoms with E-state index in [-0.39, 0.29) is 0 Å². The molecule has 0 bridgehead atoms. The van der Waals surface area contributed by atoms with Gasteiger partial charge in [-0.3, -0.25) is 4.79 Å². The minimum atomic E-state index is 0.486. The maximum atomic E-state index is 10.8. The molecule has 0 aromatic rings. The summed E-state index contributed by atoms with van der Waals surface area (Å²) >= 11 is 1.85. The second-order valence-electron chi connectivity index (χ2n) is 2.50. The normalized spacial score (nSPS) is 43.8. The zero-order valence-corrected chi connectivity index (χ0v) is 5.41. The highest BCUT2D eigenvalue weighted by molar-refractivity contribution is 8.01. The Bertz CT molecular complexity index is 132. The van der Waals surface area contributed by atoms with Gasteiger partial charge < -0.3 is 0 Å². The molecule has 0 spiro atoms. The Kier molecular flexibility index (Phi) is 0.911. The Morgan fingerprint density at radius 3 is 2.62 bits per heavy atom. The van der Waals surface area contributed by atoms with Crippen LogP contribution in [0.5, 0.6) is 0 Å². The van der Waals surface area contributed by atoms with Gasteiger partial charge in [-0.25, -0.2) is 0 Å². The molecule has 2 atom stereocenters. The first kappa shape index (κ1) is 4.86. The number of carbonyl (C=O) groups is 1. The number of rotatable bonds is 0. The Hall–Kier alpha value is 0.0200. The molecule has 1 aliphatic heterocycles. The number of thioether (sulfide) groups is 1. The lowest BCUT2D eigenvalue weighted by Gasteiger charge is -2.26. The van der Waals surface area contributed by atoms with Gasteiger partial charge in [0.05, 0.1) is 5.75 Å². The van der Waals surface area contributed by atoms with Crippen LogP contribution in [0.3, 0.4) is 0 Å². The Morgan fingerprint density at radius 2 is 2.38 bits per heavy atom. The molecule has 0 aromatic carbocycles. The van der Waals surface area contributed by atoms with Gasteiger partial charge in [-0.05, 0) is 12.8 Å². The monoisotopic (exact) mass is 128 g/mol. The fourth-order valence-electron chi connectivity index (χ4n) is 1.33. The average Bonchev–Trinajstić information content (AvgIpc) is 1.80. The zero-order valence-electron chi connectivity index (χ0n) is 4.59. The van der Waals surface area contributed by atoms with Crippen molar-refractivity contribution in [1.82, 2.24) is 0 Å². The molecular weight excluding hydrogens is 120 g/mol. The van der Waals surface area contributed by atoms with Crippen LogP contribution in [0.25, 0.3) is 0 Å². The molecule has 2 aliphatic rings. The van der Waals surface area contributed by atoms with E-state index in [4.69, 9.17) is 0 Å². The van der Waals surface area contributed by atoms with Crippen molar-refractivity contribution in [2.45, 2.75) is 18.1 Å². The number of ketones is 1. The quantitative estimate of drug-likeness (QED) is 0.485. The highest BCUT2D eigenvalue weighted by Crippen LogP contribution is 2.43. The third-order valence-corrected chi connectivity index (χ3v) is 3.51. The largest absolute Gasteiger partial charge is 0.298 e. The third kappa shape index (κ3) is 0.467. The molecule has 2 heteroatoms. The summed E-state index contributed by atoms with van der Waals surface area (Å²) in [5.41, 5.74) is 0. The van der Waals surface area contributed by atoms with Gasteiger partial charge in [-0.1, -0.05) is 0 Å². The number of carbonyl (C=O) groups excluding carboxylic acids is 1. The first-order chi connectivity index (χ1) is 3.88. The van der Waals surface area contributed by atoms with E-state index in [1.807, 2.05) is 11.8 Å². The lowest BCUT2D eigenvalue weighted by atomic mass is 9.82. The highest BCUT2D eigenvalue weighted by atomic mass is 32.2. The van der Waals surface area contributed by atoms with E-state index < -0.39 is 0 Å². The maximum Gasteiger partial charge on any atom is 0.146 e. The topological polar surface area (TPSA) is 17.1 Å². The van der Waals surface area contributed by atoms with Gasteiger partial charge in [0.2, 0.25) is 0 Å². The van der Waals surface area contributed by atoms with Gasteiger partial charge in [-0.15, -0.1) is 11.8 Å². The summed E-state index contributed by atoms with van der Waals surface area (Å²) in [4.78, 5) is 10.8. The fraction of sp³-hybridized carbons (Fsp3) is 0.833. The molecule has 0 N–H and O–H groups in total. The van der Waals surface area contributed by atoms with Crippen molar-refractivity contribution < 1.29 is 4.79 Å². The molecule has 0 unspecified atom stereocenters. The molecule has 1 saturated heterocycles. The number of hydrogen-bond acceptors (Lipinski definition) is 2. The number of Topliss-reactive ketones (excluding diaryl/α,β-unsaturated/α-hetero) is 1. The van der Waals surface area contributed by atoms with E-state index in [1.54, 1.807) is 0 Å². The summed E-state index contributed by atoms with van der Waals surface area (Å²) in [5.74, 6) is 1.79. The number of hydrogen-bond donors (Lipinski definition) is 0. The van der Waals surface area contributed by atoms with Gasteiger partial charge in [0, 0.05) is 11.2 Å². The summed E-state index contributed by atoms with van der Waals surface area (Å²) in [6, 6.07) is 0. The van der Waals surface area contributed by atoms with Crippen LogP contribution in [0.4, 0.5) is 0 Å². The van der Waals surface area contributed by atoms with Crippen molar-refractivity contribution >= 4 is 17.5 Å². The van der Waals surface area contributed by atoms with E-state index >= 15 is 0 Å². The molecule has 1 nitrogen and oxygen atoms in total. The van der Waals surface area contributed by atoms with Crippen molar-refractivity contribution in [2.75, 3.05) is 5.75 Å². The molecular formula is C6H8OS. The summed E-state index contributed by atoms with van der Waals surface area (Å²) in [6.45, 7) is 0. The van der Waals surface area contributed by atoms with Crippen LogP contribution >= 0.6 is 11.8 Å². The zero-order chi connectivity index (χ0) is 5.56. The minimum Gasteiger partial charge on any atom is -0.298 e. The van der Waals surface area contributed by atoms with Gasteiger partial charge in [0.1, 0.15) is 5.78 Å². The minimum absolute atomic E-state index is 0.486. The van der Waals surface area contributed by atoms with Crippen LogP contribution in [-0.4, -0.2) is 16.8 Å². The van der Waals surface area contributed by atoms with Crippen LogP contribution in [-0.2, 0) is 4.79 Å². The second kappa shape index (κ2) is 1.50. The molecule has 1 saturated carbocycles. The predicted octanol–water partition coefficient (Wildman–Crippen LogP) is 1.08. The third-order valence-electron chi connectivity index (χ3n) is 2.06. The van der Waals surface area contributed by atoms with Crippen molar-refractivity contribution in [3.05, 3.63) is 0 Å². The SMILES string of the molecule is O=C1CS[C@@H]2CC[C@H]12. The van der Waals surface area contributed by atoms with Crippen molar-refractivity contribution in [3.63, 3.8) is 0 Å². The van der Waals surface area contributed by atoms with E-state index in [0.717, 1.165) is 11.0 Å². The van der Waals surface area contributed by atoms with E-state index in [2.05, 4.69) is 0 Å². The van der Waals surface area contributed by atoms with Crippen LogP contribution in [0.2, 0.25) is 0 Å². The van der Waals surface area contributed by atoms with Gasteiger partial charge in [0.15, 0.2) is 0 Å². The van der Waals surface area contributed by atoms with Crippen LogP contribution in [0.1, 0.15) is 12.8 Å². The molecule has 1 aliphatic carbocycles. The van der Waals surface area contributed by atoms with Crippen molar-refractivity contribution in [3.8, 4) is 0 Å². The molecule has 44 valence electrons. The van der Waals surface area contributed by atoms with Crippen molar-refractivity contribution in [1.29, 1.82) is 0 Å². The van der Waals surface area contributed by atoms with Crippen LogP contribution < -0.4 is 0 Å². The molecule has 1 heterocycles. The smallest absolute Gasteiger partial charge is 0.146 e. The summed E-state index contributed by atoms with van der Waals surface area (Å²) in [6.07, 6.45) is 2.47. The highest BCUT2D eigenvalue weighted by Gasteiger charge is 2.41. The second-order valence-corrected chi connectivity index (χ2v) is 3.73. The van der Waals surface area contributed by atoms with Crippen LogP contribution in [0, 0.1) is 5.92 Å².